The fraction of sp³-hybridized carbons (Fsp3) is 0.323. The number of nitrogens with zero attached hydrogens (tertiary/aromatic N) is 2. The number of ether oxygens (including phenoxy) is 1. The van der Waals surface area contributed by atoms with Crippen LogP contribution in [-0.2, 0) is 6.54 Å². The number of rotatable bonds is 8. The van der Waals surface area contributed by atoms with Crippen LogP contribution in [0.25, 0.3) is 21.2 Å². The van der Waals surface area contributed by atoms with Gasteiger partial charge in [0.15, 0.2) is 0 Å². The van der Waals surface area contributed by atoms with E-state index in [0.717, 1.165) is 70.7 Å². The summed E-state index contributed by atoms with van der Waals surface area (Å²) < 4.78 is 36.8. The summed E-state index contributed by atoms with van der Waals surface area (Å²) in [4.78, 5) is 17.3. The average molecular weight is 636 g/mol. The topological polar surface area (TPSA) is 32.8 Å². The van der Waals surface area contributed by atoms with Crippen molar-refractivity contribution in [1.82, 2.24) is 9.32 Å². The fourth-order valence-electron chi connectivity index (χ4n) is 5.59. The Kier molecular flexibility index (Phi) is 9.46. The molecule has 0 bridgehead atoms. The minimum Gasteiger partial charge on any atom is -0.496 e. The number of carbonyl (C=O) groups is 1. The number of benzene rings is 3. The average Bonchev–Trinajstić information content (AvgIpc) is 3.35. The van der Waals surface area contributed by atoms with E-state index < -0.39 is 11.6 Å². The molecule has 0 atom stereocenters. The quantitative estimate of drug-likeness (QED) is 0.143. The Balaban J connectivity index is 1.57. The van der Waals surface area contributed by atoms with Crippen molar-refractivity contribution >= 4 is 62.5 Å². The molecule has 1 aliphatic rings. The molecule has 0 saturated heterocycles. The van der Waals surface area contributed by atoms with Crippen LogP contribution in [0.3, 0.4) is 0 Å². The fourth-order valence-corrected chi connectivity index (χ4v) is 7.92. The molecule has 3 aromatic carbocycles. The van der Waals surface area contributed by atoms with Crippen LogP contribution < -0.4 is 4.74 Å². The third-order valence-electron chi connectivity index (χ3n) is 7.79. The van der Waals surface area contributed by atoms with E-state index in [9.17, 15) is 13.6 Å². The zero-order chi connectivity index (χ0) is 29.3. The lowest BCUT2D eigenvalue weighted by Gasteiger charge is -2.38. The van der Waals surface area contributed by atoms with Crippen LogP contribution >= 0.6 is 46.5 Å². The zero-order valence-corrected chi connectivity index (χ0v) is 26.1. The maximum atomic E-state index is 14.7. The molecule has 0 aliphatic heterocycles. The van der Waals surface area contributed by atoms with Crippen molar-refractivity contribution in [2.45, 2.75) is 49.2 Å². The molecule has 4 nitrogen and oxygen atoms in total. The van der Waals surface area contributed by atoms with Gasteiger partial charge in [0, 0.05) is 36.1 Å². The van der Waals surface area contributed by atoms with Gasteiger partial charge >= 0.3 is 0 Å². The molecule has 4 aromatic rings. The van der Waals surface area contributed by atoms with E-state index in [1.54, 1.807) is 28.2 Å². The lowest BCUT2D eigenvalue weighted by atomic mass is 9.89. The first kappa shape index (κ1) is 30.1. The van der Waals surface area contributed by atoms with Gasteiger partial charge < -0.3 is 9.64 Å². The van der Waals surface area contributed by atoms with Crippen molar-refractivity contribution in [3.8, 4) is 16.9 Å². The van der Waals surface area contributed by atoms with Gasteiger partial charge in [0.2, 0.25) is 0 Å². The number of hydrogen-bond acceptors (Lipinski definition) is 5. The Hall–Kier alpha value is -2.36. The normalized spacial score (nSPS) is 17.3. The van der Waals surface area contributed by atoms with Gasteiger partial charge in [-0.25, -0.2) is 13.2 Å². The largest absolute Gasteiger partial charge is 0.496 e. The minimum atomic E-state index is -0.652. The van der Waals surface area contributed by atoms with Crippen molar-refractivity contribution in [1.29, 1.82) is 0 Å². The number of fused-ring (bicyclic) bond motifs is 1. The Morgan fingerprint density at radius 3 is 2.39 bits per heavy atom. The van der Waals surface area contributed by atoms with Crippen LogP contribution in [0.4, 0.5) is 8.78 Å². The number of methoxy groups -OCH3 is 1. The van der Waals surface area contributed by atoms with E-state index in [2.05, 4.69) is 18.2 Å². The Morgan fingerprint density at radius 2 is 1.73 bits per heavy atom. The number of thioether (sulfide) groups is 1. The molecule has 0 unspecified atom stereocenters. The zero-order valence-electron chi connectivity index (χ0n) is 22.9. The van der Waals surface area contributed by atoms with Gasteiger partial charge in [-0.15, -0.1) is 23.1 Å². The van der Waals surface area contributed by atoms with Gasteiger partial charge in [-0.2, -0.15) is 0 Å². The van der Waals surface area contributed by atoms with Crippen molar-refractivity contribution in [2.24, 2.45) is 0 Å². The summed E-state index contributed by atoms with van der Waals surface area (Å²) in [5.74, 6) is -0.955. The molecule has 1 aromatic heterocycles. The van der Waals surface area contributed by atoms with Crippen LogP contribution in [0.2, 0.25) is 5.02 Å². The molecule has 0 N–H and O–H groups in total. The standard InChI is InChI=1S/C31H30Cl2F2N2O2S2/c1-36(33)20-9-11-21(12-10-20)37(31(38)30-28(32)27-23(34)13-14-24(35)29(27)41-30)17-19-16-18(8-15-25(19)39-2)22-6-4-5-7-26(22)40-3/h4-8,13-16,20-21H,9-12,17H2,1-3H3/t20-,21-. The summed E-state index contributed by atoms with van der Waals surface area (Å²) in [6.07, 6.45) is 5.14. The number of hydrogen-bond donors (Lipinski definition) is 0. The third-order valence-corrected chi connectivity index (χ3v) is 10.5. The Bertz CT molecular complexity index is 1570. The highest BCUT2D eigenvalue weighted by molar-refractivity contribution is 7.98. The molecular weight excluding hydrogens is 605 g/mol. The number of halogens is 4. The molecule has 5 rings (SSSR count). The van der Waals surface area contributed by atoms with Gasteiger partial charge in [0.25, 0.3) is 5.91 Å². The molecule has 0 radical (unpaired) electrons. The molecule has 10 heteroatoms. The smallest absolute Gasteiger partial charge is 0.266 e. The second-order valence-electron chi connectivity index (χ2n) is 10.1. The first-order valence-electron chi connectivity index (χ1n) is 13.3. The van der Waals surface area contributed by atoms with Crippen molar-refractivity contribution < 1.29 is 18.3 Å². The molecule has 1 saturated carbocycles. The predicted octanol–water partition coefficient (Wildman–Crippen LogP) is 9.27. The van der Waals surface area contributed by atoms with E-state index >= 15 is 0 Å². The van der Waals surface area contributed by atoms with Crippen LogP contribution in [0.1, 0.15) is 40.9 Å². The minimum absolute atomic E-state index is 0.0408. The van der Waals surface area contributed by atoms with Gasteiger partial charge in [-0.3, -0.25) is 4.79 Å². The summed E-state index contributed by atoms with van der Waals surface area (Å²) in [6.45, 7) is 0.249. The predicted molar refractivity (Wildman–Crippen MR) is 166 cm³/mol. The first-order chi connectivity index (χ1) is 19.7. The van der Waals surface area contributed by atoms with E-state index in [1.807, 2.05) is 37.6 Å². The molecule has 41 heavy (non-hydrogen) atoms. The highest BCUT2D eigenvalue weighted by atomic mass is 35.5. The van der Waals surface area contributed by atoms with E-state index in [0.29, 0.717) is 5.75 Å². The summed E-state index contributed by atoms with van der Waals surface area (Å²) in [5.41, 5.74) is 2.93. The van der Waals surface area contributed by atoms with Gasteiger partial charge in [-0.1, -0.05) is 35.9 Å². The maximum absolute atomic E-state index is 14.7. The second kappa shape index (κ2) is 12.9. The van der Waals surface area contributed by atoms with Crippen molar-refractivity contribution in [3.63, 3.8) is 0 Å². The molecule has 1 fully saturated rings. The van der Waals surface area contributed by atoms with Crippen LogP contribution in [0.5, 0.6) is 5.75 Å². The summed E-state index contributed by atoms with van der Waals surface area (Å²) in [5, 5.41) is -0.110. The molecule has 0 spiro atoms. The summed E-state index contributed by atoms with van der Waals surface area (Å²) in [7, 11) is 3.45. The van der Waals surface area contributed by atoms with Crippen molar-refractivity contribution in [2.75, 3.05) is 20.4 Å². The van der Waals surface area contributed by atoms with Crippen molar-refractivity contribution in [3.05, 3.63) is 81.7 Å². The number of carbonyl (C=O) groups excluding carboxylic acids is 1. The van der Waals surface area contributed by atoms with Crippen LogP contribution in [-0.4, -0.2) is 47.7 Å². The van der Waals surface area contributed by atoms with Gasteiger partial charge in [0.1, 0.15) is 22.3 Å². The van der Waals surface area contributed by atoms with Crippen LogP contribution in [0, 0.1) is 11.6 Å². The number of amides is 1. The third kappa shape index (κ3) is 6.09. The SMILES string of the molecule is COc1ccc(-c2ccccc2SC)cc1CN(C(=O)c1sc2c(F)ccc(F)c2c1Cl)[C@H]1CC[C@H](N(C)Cl)CC1. The molecule has 1 heterocycles. The molecule has 216 valence electrons. The molecule has 1 amide bonds. The van der Waals surface area contributed by atoms with E-state index in [-0.39, 0.29) is 44.5 Å². The lowest BCUT2D eigenvalue weighted by molar-refractivity contribution is 0.0589. The van der Waals surface area contributed by atoms with Gasteiger partial charge in [-0.05, 0) is 85.2 Å². The monoisotopic (exact) mass is 634 g/mol. The number of thiophene rings is 1. The molecule has 1 aliphatic carbocycles. The highest BCUT2D eigenvalue weighted by Crippen LogP contribution is 2.41. The summed E-state index contributed by atoms with van der Waals surface area (Å²) in [6, 6.07) is 16.3. The van der Waals surface area contributed by atoms with Crippen LogP contribution in [0.15, 0.2) is 59.5 Å². The van der Waals surface area contributed by atoms with Gasteiger partial charge in [0.05, 0.1) is 22.2 Å². The lowest BCUT2D eigenvalue weighted by Crippen LogP contribution is -2.44. The van der Waals surface area contributed by atoms with E-state index in [4.69, 9.17) is 28.1 Å². The Labute approximate surface area is 257 Å². The second-order valence-corrected chi connectivity index (χ2v) is 12.9. The Morgan fingerprint density at radius 1 is 1.05 bits per heavy atom. The first-order valence-corrected chi connectivity index (χ1v) is 16.0. The van der Waals surface area contributed by atoms with E-state index in [1.165, 1.54) is 0 Å². The maximum Gasteiger partial charge on any atom is 0.266 e. The summed E-state index contributed by atoms with van der Waals surface area (Å²) >= 11 is 15.4. The molecular formula is C31H30Cl2F2N2O2S2. The highest BCUT2D eigenvalue weighted by Gasteiger charge is 2.34.